The first kappa shape index (κ1) is 9.71. The van der Waals surface area contributed by atoms with Crippen molar-refractivity contribution >= 4 is 0 Å². The number of aromatic amines is 1. The van der Waals surface area contributed by atoms with E-state index in [1.807, 2.05) is 6.33 Å². The largest absolute Gasteiger partial charge is 0.348 e. The fourth-order valence-corrected chi connectivity index (χ4v) is 2.23. The first-order valence-electron chi connectivity index (χ1n) is 5.64. The van der Waals surface area contributed by atoms with Crippen molar-refractivity contribution < 1.29 is 0 Å². The normalized spacial score (nSPS) is 18.6. The van der Waals surface area contributed by atoms with E-state index in [4.69, 9.17) is 0 Å². The number of imidazole rings is 1. The van der Waals surface area contributed by atoms with Crippen molar-refractivity contribution in [3.8, 4) is 0 Å². The van der Waals surface area contributed by atoms with Crippen LogP contribution in [0.4, 0.5) is 0 Å². The molecule has 3 heteroatoms. The molecule has 2 heterocycles. The van der Waals surface area contributed by atoms with E-state index in [0.29, 0.717) is 5.92 Å². The number of aromatic nitrogens is 2. The molecule has 0 radical (unpaired) electrons. The van der Waals surface area contributed by atoms with Crippen molar-refractivity contribution in [3.63, 3.8) is 0 Å². The van der Waals surface area contributed by atoms with Crippen molar-refractivity contribution in [2.45, 2.75) is 38.5 Å². The Morgan fingerprint density at radius 3 is 2.93 bits per heavy atom. The van der Waals surface area contributed by atoms with Gasteiger partial charge in [-0.25, -0.2) is 4.98 Å². The molecule has 1 aliphatic rings. The molecule has 0 amide bonds. The monoisotopic (exact) mass is 193 g/mol. The van der Waals surface area contributed by atoms with E-state index in [1.54, 1.807) is 0 Å². The second-order valence-corrected chi connectivity index (χ2v) is 4.04. The Morgan fingerprint density at radius 2 is 2.21 bits per heavy atom. The Labute approximate surface area is 85.3 Å². The van der Waals surface area contributed by atoms with Crippen LogP contribution in [-0.4, -0.2) is 23.1 Å². The number of nitrogens with zero attached hydrogens (tertiary/aromatic N) is 1. The van der Waals surface area contributed by atoms with E-state index in [1.165, 1.54) is 30.7 Å². The molecule has 1 fully saturated rings. The summed E-state index contributed by atoms with van der Waals surface area (Å²) in [6, 6.07) is 0. The zero-order chi connectivity index (χ0) is 9.80. The lowest BCUT2D eigenvalue weighted by Crippen LogP contribution is -2.27. The van der Waals surface area contributed by atoms with E-state index in [0.717, 1.165) is 19.5 Å². The molecule has 0 aromatic carbocycles. The maximum Gasteiger partial charge on any atom is 0.0925 e. The van der Waals surface area contributed by atoms with Gasteiger partial charge in [0.15, 0.2) is 0 Å². The van der Waals surface area contributed by atoms with Gasteiger partial charge in [0.1, 0.15) is 0 Å². The van der Waals surface area contributed by atoms with Gasteiger partial charge in [0, 0.05) is 11.6 Å². The van der Waals surface area contributed by atoms with Gasteiger partial charge in [0.25, 0.3) is 0 Å². The maximum absolute atomic E-state index is 4.48. The Hall–Kier alpha value is -0.830. The van der Waals surface area contributed by atoms with Gasteiger partial charge in [0.05, 0.1) is 12.0 Å². The van der Waals surface area contributed by atoms with Gasteiger partial charge < -0.3 is 10.3 Å². The highest BCUT2D eigenvalue weighted by Crippen LogP contribution is 2.26. The second-order valence-electron chi connectivity index (χ2n) is 4.04. The number of H-pyrrole nitrogens is 1. The maximum atomic E-state index is 4.48. The van der Waals surface area contributed by atoms with Gasteiger partial charge in [-0.2, -0.15) is 0 Å². The van der Waals surface area contributed by atoms with E-state index < -0.39 is 0 Å². The number of hydrogen-bond acceptors (Lipinski definition) is 2. The van der Waals surface area contributed by atoms with Crippen LogP contribution < -0.4 is 5.32 Å². The summed E-state index contributed by atoms with van der Waals surface area (Å²) >= 11 is 0. The fraction of sp³-hybridized carbons (Fsp3) is 0.727. The third-order valence-corrected chi connectivity index (χ3v) is 2.98. The van der Waals surface area contributed by atoms with E-state index in [2.05, 4.69) is 22.2 Å². The topological polar surface area (TPSA) is 40.7 Å². The molecule has 0 spiro atoms. The average molecular weight is 193 g/mol. The molecule has 78 valence electrons. The Balaban J connectivity index is 2.09. The number of aryl methyl sites for hydroxylation is 1. The molecule has 1 aromatic rings. The zero-order valence-corrected chi connectivity index (χ0v) is 8.84. The van der Waals surface area contributed by atoms with E-state index in [9.17, 15) is 0 Å². The number of piperidine rings is 1. The molecule has 2 N–H and O–H groups in total. The molecule has 1 saturated heterocycles. The highest BCUT2D eigenvalue weighted by Gasteiger charge is 2.19. The standard InChI is InChI=1S/C11H19N3/c1-2-3-10-11(14-8-13-10)9-4-6-12-7-5-9/h8-9,12H,2-7H2,1H3,(H,13,14). The van der Waals surface area contributed by atoms with Gasteiger partial charge in [-0.15, -0.1) is 0 Å². The SMILES string of the molecule is CCCc1[nH]cnc1C1CCNCC1. The molecule has 1 aliphatic heterocycles. The van der Waals surface area contributed by atoms with Crippen LogP contribution >= 0.6 is 0 Å². The molecule has 0 atom stereocenters. The van der Waals surface area contributed by atoms with Crippen molar-refractivity contribution in [1.82, 2.24) is 15.3 Å². The van der Waals surface area contributed by atoms with Crippen molar-refractivity contribution in [3.05, 3.63) is 17.7 Å². The molecule has 2 rings (SSSR count). The summed E-state index contributed by atoms with van der Waals surface area (Å²) in [7, 11) is 0. The van der Waals surface area contributed by atoms with Crippen LogP contribution in [0.5, 0.6) is 0 Å². The molecule has 0 unspecified atom stereocenters. The summed E-state index contributed by atoms with van der Waals surface area (Å²) in [5, 5.41) is 3.39. The lowest BCUT2D eigenvalue weighted by atomic mass is 9.92. The van der Waals surface area contributed by atoms with Gasteiger partial charge in [0.2, 0.25) is 0 Å². The van der Waals surface area contributed by atoms with E-state index >= 15 is 0 Å². The molecule has 1 aromatic heterocycles. The first-order chi connectivity index (χ1) is 6.92. The zero-order valence-electron chi connectivity index (χ0n) is 8.84. The number of rotatable bonds is 3. The number of hydrogen-bond donors (Lipinski definition) is 2. The second kappa shape index (κ2) is 4.60. The lowest BCUT2D eigenvalue weighted by molar-refractivity contribution is 0.451. The quantitative estimate of drug-likeness (QED) is 0.769. The van der Waals surface area contributed by atoms with Crippen molar-refractivity contribution in [2.75, 3.05) is 13.1 Å². The minimum atomic E-state index is 0.684. The third-order valence-electron chi connectivity index (χ3n) is 2.98. The van der Waals surface area contributed by atoms with Crippen LogP contribution in [0.1, 0.15) is 43.5 Å². The van der Waals surface area contributed by atoms with Gasteiger partial charge >= 0.3 is 0 Å². The Morgan fingerprint density at radius 1 is 1.43 bits per heavy atom. The molecule has 0 saturated carbocycles. The predicted octanol–water partition coefficient (Wildman–Crippen LogP) is 1.83. The highest BCUT2D eigenvalue weighted by atomic mass is 14.9. The third kappa shape index (κ3) is 1.98. The highest BCUT2D eigenvalue weighted by molar-refractivity contribution is 5.17. The summed E-state index contributed by atoms with van der Waals surface area (Å²) in [5.74, 6) is 0.684. The summed E-state index contributed by atoms with van der Waals surface area (Å²) in [6.45, 7) is 4.50. The smallest absolute Gasteiger partial charge is 0.0925 e. The lowest BCUT2D eigenvalue weighted by Gasteiger charge is -2.21. The van der Waals surface area contributed by atoms with Crippen LogP contribution in [-0.2, 0) is 6.42 Å². The predicted molar refractivity (Wildman–Crippen MR) is 57.4 cm³/mol. The minimum Gasteiger partial charge on any atom is -0.348 e. The summed E-state index contributed by atoms with van der Waals surface area (Å²) < 4.78 is 0. The average Bonchev–Trinajstić information content (AvgIpc) is 2.68. The first-order valence-corrected chi connectivity index (χ1v) is 5.64. The molecule has 0 bridgehead atoms. The van der Waals surface area contributed by atoms with Crippen LogP contribution in [0.15, 0.2) is 6.33 Å². The van der Waals surface area contributed by atoms with Crippen LogP contribution in [0.3, 0.4) is 0 Å². The molecular formula is C11H19N3. The Bertz CT molecular complexity index is 274. The van der Waals surface area contributed by atoms with Crippen molar-refractivity contribution in [1.29, 1.82) is 0 Å². The molecule has 14 heavy (non-hydrogen) atoms. The van der Waals surface area contributed by atoms with Crippen LogP contribution in [0.2, 0.25) is 0 Å². The molecule has 3 nitrogen and oxygen atoms in total. The van der Waals surface area contributed by atoms with Gasteiger partial charge in [-0.3, -0.25) is 0 Å². The van der Waals surface area contributed by atoms with Gasteiger partial charge in [-0.1, -0.05) is 13.3 Å². The fourth-order valence-electron chi connectivity index (χ4n) is 2.23. The van der Waals surface area contributed by atoms with Gasteiger partial charge in [-0.05, 0) is 32.4 Å². The van der Waals surface area contributed by atoms with Crippen LogP contribution in [0.25, 0.3) is 0 Å². The minimum absolute atomic E-state index is 0.684. The van der Waals surface area contributed by atoms with Crippen molar-refractivity contribution in [2.24, 2.45) is 0 Å². The number of nitrogens with one attached hydrogen (secondary N) is 2. The Kier molecular flexibility index (Phi) is 3.19. The molecule has 0 aliphatic carbocycles. The summed E-state index contributed by atoms with van der Waals surface area (Å²) in [4.78, 5) is 7.75. The van der Waals surface area contributed by atoms with E-state index in [-0.39, 0.29) is 0 Å². The summed E-state index contributed by atoms with van der Waals surface area (Å²) in [6.07, 6.45) is 6.66. The van der Waals surface area contributed by atoms with Crippen LogP contribution in [0, 0.1) is 0 Å². The molecular weight excluding hydrogens is 174 g/mol. The summed E-state index contributed by atoms with van der Waals surface area (Å²) in [5.41, 5.74) is 2.69.